The second kappa shape index (κ2) is 9.50. The fourth-order valence-electron chi connectivity index (χ4n) is 2.73. The van der Waals surface area contributed by atoms with Gasteiger partial charge in [-0.3, -0.25) is 9.59 Å². The summed E-state index contributed by atoms with van der Waals surface area (Å²) in [7, 11) is 1.25. The quantitative estimate of drug-likeness (QED) is 0.416. The highest BCUT2D eigenvalue weighted by atomic mass is 16.5. The Kier molecular flexibility index (Phi) is 6.58. The Morgan fingerprint density at radius 1 is 0.828 bits per heavy atom. The topological polar surface area (TPSA) is 82.8 Å². The zero-order valence-electron chi connectivity index (χ0n) is 15.9. The molecule has 0 fully saturated rings. The number of benzene rings is 2. The largest absolute Gasteiger partial charge is 0.463 e. The first-order valence-corrected chi connectivity index (χ1v) is 9.08. The van der Waals surface area contributed by atoms with Gasteiger partial charge in [-0.1, -0.05) is 54.6 Å². The van der Waals surface area contributed by atoms with Crippen LogP contribution in [0.5, 0.6) is 0 Å². The van der Waals surface area contributed by atoms with Crippen molar-refractivity contribution in [2.75, 3.05) is 7.11 Å². The number of furan rings is 1. The summed E-state index contributed by atoms with van der Waals surface area (Å²) in [6, 6.07) is 20.1. The van der Waals surface area contributed by atoms with Crippen LogP contribution in [-0.4, -0.2) is 24.8 Å². The van der Waals surface area contributed by atoms with E-state index in [0.29, 0.717) is 11.3 Å². The Balaban J connectivity index is 1.47. The SMILES string of the molecule is COC(=O)c1ccc(COC(=O)CCC(=O)c2ccc(-c3ccccc3)cc2)o1. The van der Waals surface area contributed by atoms with Crippen LogP contribution in [-0.2, 0) is 20.9 Å². The number of Topliss-reactive ketones (excluding diaryl/α,β-unsaturated/α-hetero) is 1. The van der Waals surface area contributed by atoms with Crippen LogP contribution >= 0.6 is 0 Å². The van der Waals surface area contributed by atoms with E-state index in [1.807, 2.05) is 42.5 Å². The van der Waals surface area contributed by atoms with Gasteiger partial charge in [0.25, 0.3) is 0 Å². The van der Waals surface area contributed by atoms with E-state index in [9.17, 15) is 14.4 Å². The van der Waals surface area contributed by atoms with Crippen LogP contribution in [0.15, 0.2) is 71.1 Å². The number of ketones is 1. The monoisotopic (exact) mass is 392 g/mol. The van der Waals surface area contributed by atoms with E-state index < -0.39 is 11.9 Å². The number of esters is 2. The van der Waals surface area contributed by atoms with E-state index in [-0.39, 0.29) is 31.0 Å². The van der Waals surface area contributed by atoms with E-state index in [1.165, 1.54) is 19.2 Å². The molecule has 0 amide bonds. The highest BCUT2D eigenvalue weighted by Gasteiger charge is 2.14. The first-order chi connectivity index (χ1) is 14.1. The minimum Gasteiger partial charge on any atom is -0.463 e. The van der Waals surface area contributed by atoms with E-state index in [0.717, 1.165) is 11.1 Å². The van der Waals surface area contributed by atoms with Crippen molar-refractivity contribution in [1.82, 2.24) is 0 Å². The summed E-state index contributed by atoms with van der Waals surface area (Å²) in [5.74, 6) is -0.900. The van der Waals surface area contributed by atoms with E-state index >= 15 is 0 Å². The van der Waals surface area contributed by atoms with E-state index in [4.69, 9.17) is 9.15 Å². The normalized spacial score (nSPS) is 10.4. The Hall–Kier alpha value is -3.67. The molecule has 1 aromatic heterocycles. The molecule has 148 valence electrons. The van der Waals surface area contributed by atoms with Gasteiger partial charge in [-0.05, 0) is 23.3 Å². The lowest BCUT2D eigenvalue weighted by atomic mass is 10.0. The second-order valence-electron chi connectivity index (χ2n) is 6.28. The average Bonchev–Trinajstić information content (AvgIpc) is 3.25. The van der Waals surface area contributed by atoms with Crippen LogP contribution in [0.4, 0.5) is 0 Å². The summed E-state index contributed by atoms with van der Waals surface area (Å²) in [6.07, 6.45) is 0.0128. The molecule has 1 heterocycles. The third-order valence-electron chi connectivity index (χ3n) is 4.29. The predicted octanol–water partition coefficient (Wildman–Crippen LogP) is 4.44. The third-order valence-corrected chi connectivity index (χ3v) is 4.29. The zero-order valence-corrected chi connectivity index (χ0v) is 15.9. The van der Waals surface area contributed by atoms with Crippen molar-refractivity contribution in [3.05, 3.63) is 83.8 Å². The van der Waals surface area contributed by atoms with Crippen molar-refractivity contribution in [1.29, 1.82) is 0 Å². The van der Waals surface area contributed by atoms with Crippen molar-refractivity contribution in [3.8, 4) is 11.1 Å². The molecule has 6 nitrogen and oxygen atoms in total. The van der Waals surface area contributed by atoms with Gasteiger partial charge in [0.1, 0.15) is 12.4 Å². The van der Waals surface area contributed by atoms with Crippen LogP contribution in [0, 0.1) is 0 Å². The van der Waals surface area contributed by atoms with Crippen molar-refractivity contribution in [3.63, 3.8) is 0 Å². The van der Waals surface area contributed by atoms with E-state index in [1.54, 1.807) is 12.1 Å². The maximum absolute atomic E-state index is 12.3. The van der Waals surface area contributed by atoms with Gasteiger partial charge >= 0.3 is 11.9 Å². The van der Waals surface area contributed by atoms with Crippen LogP contribution in [0.25, 0.3) is 11.1 Å². The summed E-state index contributed by atoms with van der Waals surface area (Å²) in [4.78, 5) is 35.5. The van der Waals surface area contributed by atoms with E-state index in [2.05, 4.69) is 4.74 Å². The Morgan fingerprint density at radius 3 is 2.21 bits per heavy atom. The minimum absolute atomic E-state index is 0.0349. The number of carbonyl (C=O) groups excluding carboxylic acids is 3. The maximum atomic E-state index is 12.3. The lowest BCUT2D eigenvalue weighted by Gasteiger charge is -2.05. The highest BCUT2D eigenvalue weighted by Crippen LogP contribution is 2.20. The fourth-order valence-corrected chi connectivity index (χ4v) is 2.73. The highest BCUT2D eigenvalue weighted by molar-refractivity contribution is 5.97. The van der Waals surface area contributed by atoms with Gasteiger partial charge in [-0.25, -0.2) is 4.79 Å². The molecule has 0 saturated carbocycles. The average molecular weight is 392 g/mol. The third kappa shape index (κ3) is 5.42. The lowest BCUT2D eigenvalue weighted by molar-refractivity contribution is -0.145. The smallest absolute Gasteiger partial charge is 0.373 e. The molecule has 0 aliphatic carbocycles. The molecule has 3 aromatic rings. The molecule has 0 saturated heterocycles. The first kappa shape index (κ1) is 20.1. The molecular formula is C23H20O6. The first-order valence-electron chi connectivity index (χ1n) is 9.08. The number of rotatable bonds is 8. The van der Waals surface area contributed by atoms with Gasteiger partial charge in [-0.2, -0.15) is 0 Å². The summed E-state index contributed by atoms with van der Waals surface area (Å²) in [5.41, 5.74) is 2.64. The van der Waals surface area contributed by atoms with Gasteiger partial charge in [0.15, 0.2) is 5.78 Å². The molecule has 0 bridgehead atoms. The fraction of sp³-hybridized carbons (Fsp3) is 0.174. The van der Waals surface area contributed by atoms with Gasteiger partial charge in [0, 0.05) is 12.0 Å². The van der Waals surface area contributed by atoms with Crippen molar-refractivity contribution < 1.29 is 28.3 Å². The molecule has 0 unspecified atom stereocenters. The molecule has 0 radical (unpaired) electrons. The van der Waals surface area contributed by atoms with Crippen molar-refractivity contribution >= 4 is 17.7 Å². The Labute approximate surface area is 168 Å². The summed E-state index contributed by atoms with van der Waals surface area (Å²) >= 11 is 0. The minimum atomic E-state index is -0.605. The maximum Gasteiger partial charge on any atom is 0.373 e. The molecule has 3 rings (SSSR count). The predicted molar refractivity (Wildman–Crippen MR) is 105 cm³/mol. The van der Waals surface area contributed by atoms with Crippen LogP contribution in [0.2, 0.25) is 0 Å². The number of ether oxygens (including phenoxy) is 2. The van der Waals surface area contributed by atoms with Crippen molar-refractivity contribution in [2.24, 2.45) is 0 Å². The Morgan fingerprint density at radius 2 is 1.52 bits per heavy atom. The van der Waals surface area contributed by atoms with Crippen LogP contribution in [0.1, 0.15) is 39.5 Å². The molecule has 29 heavy (non-hydrogen) atoms. The van der Waals surface area contributed by atoms with Gasteiger partial charge in [0.2, 0.25) is 5.76 Å². The molecule has 0 N–H and O–H groups in total. The van der Waals surface area contributed by atoms with Crippen LogP contribution in [0.3, 0.4) is 0 Å². The van der Waals surface area contributed by atoms with Gasteiger partial charge in [-0.15, -0.1) is 0 Å². The Bertz CT molecular complexity index is 986. The molecule has 0 atom stereocenters. The van der Waals surface area contributed by atoms with Gasteiger partial charge in [0.05, 0.1) is 13.5 Å². The number of hydrogen-bond donors (Lipinski definition) is 0. The summed E-state index contributed by atoms with van der Waals surface area (Å²) in [5, 5.41) is 0. The molecule has 6 heteroatoms. The standard InChI is InChI=1S/C23H20O6/c1-27-23(26)21-13-11-19(29-21)15-28-22(25)14-12-20(24)18-9-7-17(8-10-18)16-5-3-2-4-6-16/h2-11,13H,12,14-15H2,1H3. The molecular weight excluding hydrogens is 372 g/mol. The molecule has 2 aromatic carbocycles. The van der Waals surface area contributed by atoms with Gasteiger partial charge < -0.3 is 13.9 Å². The van der Waals surface area contributed by atoms with Crippen LogP contribution < -0.4 is 0 Å². The van der Waals surface area contributed by atoms with Crippen molar-refractivity contribution in [2.45, 2.75) is 19.4 Å². The zero-order chi connectivity index (χ0) is 20.6. The molecule has 0 spiro atoms. The second-order valence-corrected chi connectivity index (χ2v) is 6.28. The number of methoxy groups -OCH3 is 1. The summed E-state index contributed by atoms with van der Waals surface area (Å²) in [6.45, 7) is -0.115. The number of hydrogen-bond acceptors (Lipinski definition) is 6. The summed E-state index contributed by atoms with van der Waals surface area (Å²) < 4.78 is 14.8. The molecule has 0 aliphatic heterocycles. The molecule has 0 aliphatic rings. The number of carbonyl (C=O) groups is 3. The lowest BCUT2D eigenvalue weighted by Crippen LogP contribution is -2.08.